The summed E-state index contributed by atoms with van der Waals surface area (Å²) in [5.74, 6) is 1.37. The second-order valence-electron chi connectivity index (χ2n) is 7.90. The van der Waals surface area contributed by atoms with Gasteiger partial charge in [-0.15, -0.1) is 0 Å². The highest BCUT2D eigenvalue weighted by atomic mass is 35.5. The van der Waals surface area contributed by atoms with Gasteiger partial charge in [-0.05, 0) is 43.0 Å². The third kappa shape index (κ3) is 3.79. The number of carbonyl (C=O) groups is 1. The molecule has 2 saturated heterocycles. The second kappa shape index (κ2) is 7.96. The first-order valence-corrected chi connectivity index (χ1v) is 10.9. The average Bonchev–Trinajstić information content (AvgIpc) is 3.37. The quantitative estimate of drug-likeness (QED) is 0.639. The Balaban J connectivity index is 1.26. The summed E-state index contributed by atoms with van der Waals surface area (Å²) in [6, 6.07) is 7.41. The van der Waals surface area contributed by atoms with Crippen molar-refractivity contribution in [2.24, 2.45) is 5.92 Å². The molecule has 7 nitrogen and oxygen atoms in total. The maximum Gasteiger partial charge on any atom is 0.241 e. The number of nitrogens with zero attached hydrogens (tertiary/aromatic N) is 4. The van der Waals surface area contributed by atoms with E-state index in [1.807, 2.05) is 23.4 Å². The fourth-order valence-electron chi connectivity index (χ4n) is 4.53. The van der Waals surface area contributed by atoms with Gasteiger partial charge in [0, 0.05) is 53.1 Å². The highest BCUT2D eigenvalue weighted by molar-refractivity contribution is 6.35. The van der Waals surface area contributed by atoms with Crippen molar-refractivity contribution in [3.05, 3.63) is 46.7 Å². The van der Waals surface area contributed by atoms with Crippen LogP contribution in [0.1, 0.15) is 12.8 Å². The monoisotopic (exact) mass is 444 g/mol. The summed E-state index contributed by atoms with van der Waals surface area (Å²) in [5.41, 5.74) is 1.59. The zero-order chi connectivity index (χ0) is 20.7. The minimum Gasteiger partial charge on any atom is -0.376 e. The van der Waals surface area contributed by atoms with Gasteiger partial charge in [-0.2, -0.15) is 4.98 Å². The summed E-state index contributed by atoms with van der Waals surface area (Å²) < 4.78 is 0. The van der Waals surface area contributed by atoms with Gasteiger partial charge in [0.05, 0.1) is 12.6 Å². The predicted octanol–water partition coefficient (Wildman–Crippen LogP) is 3.80. The van der Waals surface area contributed by atoms with E-state index >= 15 is 0 Å². The Bertz CT molecular complexity index is 1070. The van der Waals surface area contributed by atoms with E-state index in [1.54, 1.807) is 18.2 Å². The Labute approximate surface area is 184 Å². The van der Waals surface area contributed by atoms with Crippen molar-refractivity contribution in [1.82, 2.24) is 19.9 Å². The van der Waals surface area contributed by atoms with Crippen LogP contribution in [0, 0.1) is 5.92 Å². The first-order valence-electron chi connectivity index (χ1n) is 10.1. The van der Waals surface area contributed by atoms with Gasteiger partial charge < -0.3 is 20.1 Å². The SMILES string of the molecule is O=C(CNc1cc(Cl)cc(Cl)c1)N1CCC2CCN(c3ncc4cc[nH]c4n3)C2C1. The molecule has 3 aromatic rings. The highest BCUT2D eigenvalue weighted by Crippen LogP contribution is 2.34. The molecule has 4 heterocycles. The minimum absolute atomic E-state index is 0.0668. The van der Waals surface area contributed by atoms with Gasteiger partial charge in [0.25, 0.3) is 0 Å². The van der Waals surface area contributed by atoms with Gasteiger partial charge in [0.2, 0.25) is 11.9 Å². The first-order chi connectivity index (χ1) is 14.6. The van der Waals surface area contributed by atoms with Gasteiger partial charge in [-0.25, -0.2) is 4.98 Å². The number of benzene rings is 1. The molecule has 0 radical (unpaired) electrons. The predicted molar refractivity (Wildman–Crippen MR) is 119 cm³/mol. The summed E-state index contributed by atoms with van der Waals surface area (Å²) in [5, 5.41) is 5.22. The molecule has 0 bridgehead atoms. The zero-order valence-electron chi connectivity index (χ0n) is 16.3. The third-order valence-corrected chi connectivity index (χ3v) is 6.50. The van der Waals surface area contributed by atoms with E-state index < -0.39 is 0 Å². The maximum atomic E-state index is 12.9. The Kier molecular flexibility index (Phi) is 5.16. The number of amides is 1. The molecular formula is C21H22Cl2N6O. The number of H-pyrrole nitrogens is 1. The molecule has 30 heavy (non-hydrogen) atoms. The highest BCUT2D eigenvalue weighted by Gasteiger charge is 2.40. The van der Waals surface area contributed by atoms with Crippen molar-refractivity contribution in [2.45, 2.75) is 18.9 Å². The van der Waals surface area contributed by atoms with Crippen LogP contribution in [0.5, 0.6) is 0 Å². The van der Waals surface area contributed by atoms with Gasteiger partial charge >= 0.3 is 0 Å². The van der Waals surface area contributed by atoms with Crippen LogP contribution in [0.2, 0.25) is 10.0 Å². The lowest BCUT2D eigenvalue weighted by Gasteiger charge is -2.38. The van der Waals surface area contributed by atoms with Gasteiger partial charge in [-0.3, -0.25) is 4.79 Å². The molecule has 2 aliphatic heterocycles. The molecule has 156 valence electrons. The lowest BCUT2D eigenvalue weighted by Crippen LogP contribution is -2.51. The molecule has 0 spiro atoms. The number of carbonyl (C=O) groups excluding carboxylic acids is 1. The normalized spacial score (nSPS) is 21.1. The van der Waals surface area contributed by atoms with E-state index in [0.717, 1.165) is 48.6 Å². The van der Waals surface area contributed by atoms with Gasteiger partial charge in [0.15, 0.2) is 0 Å². The number of piperidine rings is 1. The standard InChI is InChI=1S/C21H22Cl2N6O/c22-15-7-16(23)9-17(8-15)25-11-19(30)28-5-2-13-3-6-29(18(13)12-28)21-26-10-14-1-4-24-20(14)27-21/h1,4,7-10,13,18,25H,2-3,5-6,11-12H2,(H,24,26,27). The van der Waals surface area contributed by atoms with Crippen LogP contribution in [0.3, 0.4) is 0 Å². The molecule has 5 rings (SSSR count). The largest absolute Gasteiger partial charge is 0.376 e. The minimum atomic E-state index is 0.0668. The van der Waals surface area contributed by atoms with Crippen LogP contribution in [0.4, 0.5) is 11.6 Å². The van der Waals surface area contributed by atoms with Crippen LogP contribution in [-0.2, 0) is 4.79 Å². The summed E-state index contributed by atoms with van der Waals surface area (Å²) >= 11 is 12.1. The summed E-state index contributed by atoms with van der Waals surface area (Å²) in [4.78, 5) is 29.5. The van der Waals surface area contributed by atoms with E-state index in [9.17, 15) is 4.79 Å². The fourth-order valence-corrected chi connectivity index (χ4v) is 5.06. The lowest BCUT2D eigenvalue weighted by molar-refractivity contribution is -0.130. The van der Waals surface area contributed by atoms with Crippen molar-refractivity contribution in [2.75, 3.05) is 36.4 Å². The Morgan fingerprint density at radius 2 is 2.00 bits per heavy atom. The van der Waals surface area contributed by atoms with Gasteiger partial charge in [-0.1, -0.05) is 23.2 Å². The molecule has 2 aliphatic rings. The van der Waals surface area contributed by atoms with E-state index in [0.29, 0.717) is 22.5 Å². The smallest absolute Gasteiger partial charge is 0.241 e. The number of fused-ring (bicyclic) bond motifs is 2. The number of halogens is 2. The summed E-state index contributed by atoms with van der Waals surface area (Å²) in [6.45, 7) is 2.60. The Morgan fingerprint density at radius 3 is 2.83 bits per heavy atom. The molecule has 2 aromatic heterocycles. The molecular weight excluding hydrogens is 423 g/mol. The number of aromatic nitrogens is 3. The number of hydrogen-bond acceptors (Lipinski definition) is 5. The molecule has 9 heteroatoms. The van der Waals surface area contributed by atoms with E-state index in [2.05, 4.69) is 25.2 Å². The maximum absolute atomic E-state index is 12.9. The van der Waals surface area contributed by atoms with Crippen molar-refractivity contribution in [3.63, 3.8) is 0 Å². The van der Waals surface area contributed by atoms with Crippen LogP contribution in [-0.4, -0.2) is 58.0 Å². The molecule has 1 aromatic carbocycles. The third-order valence-electron chi connectivity index (χ3n) is 6.07. The van der Waals surface area contributed by atoms with Crippen LogP contribution in [0.25, 0.3) is 11.0 Å². The number of anilines is 2. The number of nitrogens with one attached hydrogen (secondary N) is 2. The second-order valence-corrected chi connectivity index (χ2v) is 8.77. The molecule has 2 unspecified atom stereocenters. The zero-order valence-corrected chi connectivity index (χ0v) is 17.8. The van der Waals surface area contributed by atoms with Crippen molar-refractivity contribution in [1.29, 1.82) is 0 Å². The number of likely N-dealkylation sites (tertiary alicyclic amines) is 1. The van der Waals surface area contributed by atoms with E-state index in [1.165, 1.54) is 0 Å². The van der Waals surface area contributed by atoms with E-state index in [4.69, 9.17) is 23.2 Å². The van der Waals surface area contributed by atoms with Crippen LogP contribution in [0.15, 0.2) is 36.7 Å². The van der Waals surface area contributed by atoms with Crippen LogP contribution >= 0.6 is 23.2 Å². The molecule has 0 aliphatic carbocycles. The van der Waals surface area contributed by atoms with Crippen molar-refractivity contribution >= 4 is 51.8 Å². The van der Waals surface area contributed by atoms with Gasteiger partial charge in [0.1, 0.15) is 5.65 Å². The van der Waals surface area contributed by atoms with Crippen molar-refractivity contribution < 1.29 is 4.79 Å². The average molecular weight is 445 g/mol. The number of aromatic amines is 1. The fraction of sp³-hybridized carbons (Fsp3) is 0.381. The topological polar surface area (TPSA) is 77.2 Å². The first kappa shape index (κ1) is 19.5. The van der Waals surface area contributed by atoms with Crippen molar-refractivity contribution in [3.8, 4) is 0 Å². The summed E-state index contributed by atoms with van der Waals surface area (Å²) in [7, 11) is 0. The molecule has 2 atom stereocenters. The van der Waals surface area contributed by atoms with E-state index in [-0.39, 0.29) is 18.5 Å². The molecule has 1 amide bonds. The lowest BCUT2D eigenvalue weighted by atomic mass is 9.92. The number of hydrogen-bond donors (Lipinski definition) is 2. The number of rotatable bonds is 4. The molecule has 0 saturated carbocycles. The van der Waals surface area contributed by atoms with Crippen LogP contribution < -0.4 is 10.2 Å². The Hall–Kier alpha value is -2.51. The molecule has 2 N–H and O–H groups in total. The summed E-state index contributed by atoms with van der Waals surface area (Å²) in [6.07, 6.45) is 5.84. The molecule has 2 fully saturated rings. The Morgan fingerprint density at radius 1 is 1.20 bits per heavy atom.